The van der Waals surface area contributed by atoms with Crippen molar-refractivity contribution in [3.8, 4) is 0 Å². The Morgan fingerprint density at radius 2 is 2.08 bits per heavy atom. The molecule has 0 radical (unpaired) electrons. The number of hydrogen-bond acceptors (Lipinski definition) is 6. The van der Waals surface area contributed by atoms with Crippen LogP contribution in [0.25, 0.3) is 0 Å². The van der Waals surface area contributed by atoms with Gasteiger partial charge in [-0.2, -0.15) is 10.1 Å². The molecule has 1 unspecified atom stereocenters. The number of rotatable bonds is 7. The number of aliphatic hydroxyl groups is 1. The van der Waals surface area contributed by atoms with Crippen molar-refractivity contribution in [2.75, 3.05) is 17.2 Å². The monoisotopic (exact) mass is 370 g/mol. The molecular formula is C18H19ClN6O. The van der Waals surface area contributed by atoms with Crippen molar-refractivity contribution >= 4 is 29.2 Å². The van der Waals surface area contributed by atoms with E-state index in [-0.39, 0.29) is 12.6 Å². The van der Waals surface area contributed by atoms with Gasteiger partial charge >= 0.3 is 0 Å². The predicted molar refractivity (Wildman–Crippen MR) is 101 cm³/mol. The fourth-order valence-corrected chi connectivity index (χ4v) is 2.86. The van der Waals surface area contributed by atoms with Gasteiger partial charge in [0.05, 0.1) is 18.8 Å². The van der Waals surface area contributed by atoms with E-state index in [1.54, 1.807) is 0 Å². The maximum Gasteiger partial charge on any atom is 0.225 e. The van der Waals surface area contributed by atoms with Crippen molar-refractivity contribution in [2.45, 2.75) is 24.8 Å². The van der Waals surface area contributed by atoms with Crippen LogP contribution in [0.2, 0.25) is 5.02 Å². The molecule has 2 aromatic heterocycles. The van der Waals surface area contributed by atoms with Gasteiger partial charge in [0.1, 0.15) is 5.02 Å². The highest BCUT2D eigenvalue weighted by Crippen LogP contribution is 2.39. The summed E-state index contributed by atoms with van der Waals surface area (Å²) in [6.45, 7) is -0.0805. The number of H-pyrrole nitrogens is 1. The maximum atomic E-state index is 9.69. The summed E-state index contributed by atoms with van der Waals surface area (Å²) in [5, 5.41) is 23.6. The Labute approximate surface area is 155 Å². The van der Waals surface area contributed by atoms with Crippen LogP contribution in [0.4, 0.5) is 17.6 Å². The molecule has 0 saturated heterocycles. The second-order valence-corrected chi connectivity index (χ2v) is 6.70. The van der Waals surface area contributed by atoms with Gasteiger partial charge in [0.2, 0.25) is 5.95 Å². The number of halogens is 1. The van der Waals surface area contributed by atoms with Gasteiger partial charge in [-0.1, -0.05) is 41.9 Å². The molecule has 2 heterocycles. The molecule has 1 atom stereocenters. The summed E-state index contributed by atoms with van der Waals surface area (Å²) >= 11 is 6.21. The van der Waals surface area contributed by atoms with Gasteiger partial charge in [-0.05, 0) is 18.4 Å². The lowest BCUT2D eigenvalue weighted by molar-refractivity contribution is 0.276. The van der Waals surface area contributed by atoms with Crippen molar-refractivity contribution in [2.24, 2.45) is 0 Å². The highest BCUT2D eigenvalue weighted by molar-refractivity contribution is 6.32. The van der Waals surface area contributed by atoms with Crippen LogP contribution < -0.4 is 10.6 Å². The first-order valence-electron chi connectivity index (χ1n) is 8.50. The van der Waals surface area contributed by atoms with Crippen molar-refractivity contribution in [1.29, 1.82) is 0 Å². The van der Waals surface area contributed by atoms with E-state index in [1.807, 2.05) is 36.4 Å². The molecule has 0 aliphatic heterocycles. The summed E-state index contributed by atoms with van der Waals surface area (Å²) < 4.78 is 0. The summed E-state index contributed by atoms with van der Waals surface area (Å²) in [5.74, 6) is 2.09. The average Bonchev–Trinajstić information content (AvgIpc) is 3.42. The van der Waals surface area contributed by atoms with E-state index < -0.39 is 0 Å². The van der Waals surface area contributed by atoms with E-state index in [0.717, 1.165) is 11.3 Å². The molecule has 1 aliphatic carbocycles. The van der Waals surface area contributed by atoms with Gasteiger partial charge in [-0.15, -0.1) is 0 Å². The average molecular weight is 371 g/mol. The van der Waals surface area contributed by atoms with Gasteiger partial charge in [0.25, 0.3) is 0 Å². The highest BCUT2D eigenvalue weighted by Gasteiger charge is 2.25. The third-order valence-corrected chi connectivity index (χ3v) is 4.57. The number of anilines is 3. The predicted octanol–water partition coefficient (Wildman–Crippen LogP) is 3.62. The summed E-state index contributed by atoms with van der Waals surface area (Å²) in [6.07, 6.45) is 3.92. The molecule has 0 bridgehead atoms. The zero-order valence-corrected chi connectivity index (χ0v) is 14.7. The van der Waals surface area contributed by atoms with E-state index in [0.29, 0.717) is 28.5 Å². The van der Waals surface area contributed by atoms with Crippen LogP contribution in [0.5, 0.6) is 0 Å². The standard InChI is InChI=1S/C18H19ClN6O/c19-13-9-20-18(21-15(10-26)11-4-2-1-3-5-11)23-17(13)22-16-8-14(24-25-16)12-6-7-12/h1-5,8-9,12,15,26H,6-7,10H2,(H3,20,21,22,23,24,25). The number of benzene rings is 1. The fourth-order valence-electron chi connectivity index (χ4n) is 2.73. The molecule has 7 nitrogen and oxygen atoms in total. The minimum absolute atomic E-state index is 0.0805. The molecule has 0 spiro atoms. The van der Waals surface area contributed by atoms with Gasteiger partial charge < -0.3 is 15.7 Å². The Morgan fingerprint density at radius 3 is 2.81 bits per heavy atom. The second-order valence-electron chi connectivity index (χ2n) is 6.29. The summed E-state index contributed by atoms with van der Waals surface area (Å²) in [6, 6.07) is 11.3. The number of aliphatic hydroxyl groups excluding tert-OH is 1. The van der Waals surface area contributed by atoms with E-state index in [1.165, 1.54) is 19.0 Å². The van der Waals surface area contributed by atoms with E-state index in [2.05, 4.69) is 30.8 Å². The number of hydrogen-bond donors (Lipinski definition) is 4. The van der Waals surface area contributed by atoms with E-state index >= 15 is 0 Å². The van der Waals surface area contributed by atoms with E-state index in [9.17, 15) is 5.11 Å². The lowest BCUT2D eigenvalue weighted by Gasteiger charge is -2.17. The van der Waals surface area contributed by atoms with Gasteiger partial charge in [0.15, 0.2) is 11.6 Å². The third-order valence-electron chi connectivity index (χ3n) is 4.29. The number of nitrogens with zero attached hydrogens (tertiary/aromatic N) is 3. The lowest BCUT2D eigenvalue weighted by Crippen LogP contribution is -2.16. The molecule has 134 valence electrons. The normalized spacial score (nSPS) is 14.8. The minimum atomic E-state index is -0.308. The second kappa shape index (κ2) is 7.31. The molecule has 3 aromatic rings. The van der Waals surface area contributed by atoms with Crippen molar-refractivity contribution < 1.29 is 5.11 Å². The van der Waals surface area contributed by atoms with Gasteiger partial charge in [-0.25, -0.2) is 4.98 Å². The lowest BCUT2D eigenvalue weighted by atomic mass is 10.1. The third kappa shape index (κ3) is 3.79. The van der Waals surface area contributed by atoms with Crippen LogP contribution in [0.3, 0.4) is 0 Å². The maximum absolute atomic E-state index is 9.69. The zero-order valence-electron chi connectivity index (χ0n) is 14.0. The Hall–Kier alpha value is -2.64. The summed E-state index contributed by atoms with van der Waals surface area (Å²) in [7, 11) is 0. The Morgan fingerprint density at radius 1 is 1.27 bits per heavy atom. The van der Waals surface area contributed by atoms with Crippen molar-refractivity contribution in [3.63, 3.8) is 0 Å². The smallest absolute Gasteiger partial charge is 0.225 e. The van der Waals surface area contributed by atoms with Crippen molar-refractivity contribution in [3.05, 3.63) is 58.9 Å². The first-order valence-corrected chi connectivity index (χ1v) is 8.88. The van der Waals surface area contributed by atoms with Crippen LogP contribution in [-0.2, 0) is 0 Å². The first kappa shape index (κ1) is 16.8. The molecule has 8 heteroatoms. The zero-order chi connectivity index (χ0) is 17.9. The van der Waals surface area contributed by atoms with Crippen LogP contribution in [0.1, 0.15) is 36.1 Å². The molecule has 4 rings (SSSR count). The van der Waals surface area contributed by atoms with E-state index in [4.69, 9.17) is 11.6 Å². The minimum Gasteiger partial charge on any atom is -0.394 e. The SMILES string of the molecule is OCC(Nc1ncc(Cl)c(Nc2cc(C3CC3)[nH]n2)n1)c1ccccc1. The number of aromatic nitrogens is 4. The Bertz CT molecular complexity index is 880. The van der Waals surface area contributed by atoms with Gasteiger partial charge in [-0.3, -0.25) is 5.10 Å². The van der Waals surface area contributed by atoms with Crippen LogP contribution in [-0.4, -0.2) is 31.9 Å². The van der Waals surface area contributed by atoms with Crippen LogP contribution in [0, 0.1) is 0 Å². The quantitative estimate of drug-likeness (QED) is 0.507. The molecule has 1 saturated carbocycles. The Kier molecular flexibility index (Phi) is 4.73. The highest BCUT2D eigenvalue weighted by atomic mass is 35.5. The van der Waals surface area contributed by atoms with Crippen LogP contribution >= 0.6 is 11.6 Å². The fraction of sp³-hybridized carbons (Fsp3) is 0.278. The number of nitrogens with one attached hydrogen (secondary N) is 3. The molecule has 1 aromatic carbocycles. The summed E-state index contributed by atoms with van der Waals surface area (Å²) in [4.78, 5) is 8.62. The number of aromatic amines is 1. The molecule has 1 aliphatic rings. The first-order chi connectivity index (χ1) is 12.7. The van der Waals surface area contributed by atoms with Gasteiger partial charge in [0, 0.05) is 17.7 Å². The summed E-state index contributed by atoms with van der Waals surface area (Å²) in [5.41, 5.74) is 2.07. The molecular weight excluding hydrogens is 352 g/mol. The molecule has 1 fully saturated rings. The largest absolute Gasteiger partial charge is 0.394 e. The topological polar surface area (TPSA) is 98.8 Å². The van der Waals surface area contributed by atoms with Crippen molar-refractivity contribution in [1.82, 2.24) is 20.2 Å². The molecule has 26 heavy (non-hydrogen) atoms. The van der Waals surface area contributed by atoms with Crippen LogP contribution in [0.15, 0.2) is 42.6 Å². The molecule has 0 amide bonds. The molecule has 4 N–H and O–H groups in total. The Balaban J connectivity index is 1.51.